The number of benzene rings is 1. The molecule has 2 rings (SSSR count). The van der Waals surface area contributed by atoms with Gasteiger partial charge in [0.2, 0.25) is 12.8 Å². The van der Waals surface area contributed by atoms with Crippen molar-refractivity contribution in [3.63, 3.8) is 0 Å². The molecule has 0 spiro atoms. The van der Waals surface area contributed by atoms with Crippen LogP contribution in [0, 0.1) is 10.8 Å². The molecule has 6 heteroatoms. The first-order valence-corrected chi connectivity index (χ1v) is 9.64. The van der Waals surface area contributed by atoms with Crippen molar-refractivity contribution < 1.29 is 9.59 Å². The fraction of sp³-hybridized carbons (Fsp3) is 0.545. The minimum atomic E-state index is 0.00149. The van der Waals surface area contributed by atoms with E-state index in [0.717, 1.165) is 35.0 Å². The zero-order chi connectivity index (χ0) is 20.9. The second-order valence-electron chi connectivity index (χ2n) is 9.78. The third-order valence-corrected chi connectivity index (χ3v) is 4.20. The average Bonchev–Trinajstić information content (AvgIpc) is 2.60. The number of hydrogen-bond acceptors (Lipinski definition) is 4. The van der Waals surface area contributed by atoms with Gasteiger partial charge in [-0.25, -0.2) is 0 Å². The lowest BCUT2D eigenvalue weighted by molar-refractivity contribution is -0.120. The van der Waals surface area contributed by atoms with Crippen molar-refractivity contribution in [1.82, 2.24) is 20.0 Å². The van der Waals surface area contributed by atoms with Crippen molar-refractivity contribution >= 4 is 23.6 Å². The Balaban J connectivity index is 2.34. The van der Waals surface area contributed by atoms with E-state index in [-0.39, 0.29) is 10.8 Å². The van der Waals surface area contributed by atoms with Gasteiger partial charge in [-0.1, -0.05) is 65.8 Å². The molecule has 0 atom stereocenters. The highest BCUT2D eigenvalue weighted by Crippen LogP contribution is 2.24. The highest BCUT2D eigenvalue weighted by Gasteiger charge is 2.20. The van der Waals surface area contributed by atoms with Gasteiger partial charge in [-0.05, 0) is 10.8 Å². The lowest BCUT2D eigenvalue weighted by Gasteiger charge is -2.27. The number of amides is 2. The average molecular weight is 385 g/mol. The summed E-state index contributed by atoms with van der Waals surface area (Å²) in [6.45, 7) is 14.7. The van der Waals surface area contributed by atoms with Gasteiger partial charge in [0.05, 0.1) is 24.5 Å². The Hall–Kier alpha value is -2.50. The molecule has 0 fully saturated rings. The van der Waals surface area contributed by atoms with E-state index in [1.165, 1.54) is 0 Å². The molecule has 6 nitrogen and oxygen atoms in total. The predicted octanol–water partition coefficient (Wildman–Crippen LogP) is 3.64. The predicted molar refractivity (Wildman–Crippen MR) is 111 cm³/mol. The van der Waals surface area contributed by atoms with E-state index in [0.29, 0.717) is 26.2 Å². The summed E-state index contributed by atoms with van der Waals surface area (Å²) >= 11 is 0. The molecule has 2 aromatic rings. The van der Waals surface area contributed by atoms with E-state index in [9.17, 15) is 9.59 Å². The van der Waals surface area contributed by atoms with Gasteiger partial charge in [0.25, 0.3) is 0 Å². The highest BCUT2D eigenvalue weighted by molar-refractivity contribution is 5.86. The number of carbonyl (C=O) groups is 2. The monoisotopic (exact) mass is 384 g/mol. The van der Waals surface area contributed by atoms with Crippen LogP contribution in [0.15, 0.2) is 24.3 Å². The summed E-state index contributed by atoms with van der Waals surface area (Å²) in [6, 6.07) is 7.91. The standard InChI is InChI=1S/C22H32N4O2/c1-21(2,3)13-25(15-27)11-19-17-9-7-8-10-18(17)20(24-23-19)12-26(16-28)14-22(4,5)6/h7-10,15-16H,11-14H2,1-6H3. The molecule has 1 aromatic carbocycles. The number of rotatable bonds is 8. The molecule has 0 aliphatic carbocycles. The van der Waals surface area contributed by atoms with Crippen molar-refractivity contribution in [1.29, 1.82) is 0 Å². The van der Waals surface area contributed by atoms with Gasteiger partial charge in [0.1, 0.15) is 0 Å². The topological polar surface area (TPSA) is 66.4 Å². The van der Waals surface area contributed by atoms with Crippen LogP contribution in [0.4, 0.5) is 0 Å². The van der Waals surface area contributed by atoms with Gasteiger partial charge in [-0.15, -0.1) is 0 Å². The molecule has 0 N–H and O–H groups in total. The Morgan fingerprint density at radius 1 is 0.750 bits per heavy atom. The maximum atomic E-state index is 11.5. The third kappa shape index (κ3) is 6.29. The van der Waals surface area contributed by atoms with E-state index in [1.807, 2.05) is 24.3 Å². The van der Waals surface area contributed by atoms with Gasteiger partial charge in [0.15, 0.2) is 0 Å². The molecule has 0 radical (unpaired) electrons. The van der Waals surface area contributed by atoms with Crippen LogP contribution in [-0.4, -0.2) is 45.9 Å². The van der Waals surface area contributed by atoms with E-state index in [1.54, 1.807) is 9.80 Å². The zero-order valence-electron chi connectivity index (χ0n) is 17.9. The molecule has 2 amide bonds. The largest absolute Gasteiger partial charge is 0.339 e. The van der Waals surface area contributed by atoms with Crippen molar-refractivity contribution in [3.8, 4) is 0 Å². The Kier molecular flexibility index (Phi) is 6.75. The van der Waals surface area contributed by atoms with Crippen LogP contribution in [0.25, 0.3) is 10.8 Å². The first-order valence-electron chi connectivity index (χ1n) is 9.64. The van der Waals surface area contributed by atoms with Crippen LogP contribution in [-0.2, 0) is 22.7 Å². The van der Waals surface area contributed by atoms with Crippen molar-refractivity contribution in [2.24, 2.45) is 10.8 Å². The minimum Gasteiger partial charge on any atom is -0.339 e. The van der Waals surface area contributed by atoms with Crippen LogP contribution in [0.5, 0.6) is 0 Å². The van der Waals surface area contributed by atoms with Crippen molar-refractivity contribution in [2.45, 2.75) is 54.6 Å². The maximum Gasteiger partial charge on any atom is 0.210 e. The summed E-state index contributed by atoms with van der Waals surface area (Å²) < 4.78 is 0. The second kappa shape index (κ2) is 8.67. The SMILES string of the molecule is CC(C)(C)CN(C=O)Cc1nnc(CN(C=O)CC(C)(C)C)c2ccccc12. The van der Waals surface area contributed by atoms with Gasteiger partial charge >= 0.3 is 0 Å². The van der Waals surface area contributed by atoms with Gasteiger partial charge in [-0.2, -0.15) is 10.2 Å². The van der Waals surface area contributed by atoms with E-state index in [2.05, 4.69) is 51.7 Å². The fourth-order valence-electron chi connectivity index (χ4n) is 3.31. The van der Waals surface area contributed by atoms with E-state index < -0.39 is 0 Å². The highest BCUT2D eigenvalue weighted by atomic mass is 16.1. The Bertz CT molecular complexity index is 753. The molecule has 152 valence electrons. The summed E-state index contributed by atoms with van der Waals surface area (Å²) in [5.74, 6) is 0. The van der Waals surface area contributed by atoms with Gasteiger partial charge < -0.3 is 9.80 Å². The van der Waals surface area contributed by atoms with Crippen molar-refractivity contribution in [3.05, 3.63) is 35.7 Å². The first kappa shape index (κ1) is 21.8. The molecule has 28 heavy (non-hydrogen) atoms. The summed E-state index contributed by atoms with van der Waals surface area (Å²) in [5, 5.41) is 10.8. The Morgan fingerprint density at radius 2 is 1.11 bits per heavy atom. The lowest BCUT2D eigenvalue weighted by Crippen LogP contribution is -2.32. The summed E-state index contributed by atoms with van der Waals surface area (Å²) in [4.78, 5) is 26.5. The smallest absolute Gasteiger partial charge is 0.210 e. The number of aromatic nitrogens is 2. The molecule has 0 aliphatic rings. The van der Waals surface area contributed by atoms with Gasteiger partial charge in [-0.3, -0.25) is 9.59 Å². The molecule has 1 heterocycles. The van der Waals surface area contributed by atoms with Crippen LogP contribution < -0.4 is 0 Å². The van der Waals surface area contributed by atoms with Crippen LogP contribution in [0.1, 0.15) is 52.9 Å². The van der Waals surface area contributed by atoms with Crippen molar-refractivity contribution in [2.75, 3.05) is 13.1 Å². The third-order valence-electron chi connectivity index (χ3n) is 4.20. The molecule has 0 bridgehead atoms. The zero-order valence-corrected chi connectivity index (χ0v) is 17.9. The molecule has 1 aromatic heterocycles. The van der Waals surface area contributed by atoms with E-state index >= 15 is 0 Å². The van der Waals surface area contributed by atoms with Crippen LogP contribution in [0.2, 0.25) is 0 Å². The molecular weight excluding hydrogens is 352 g/mol. The molecule has 0 saturated heterocycles. The molecule has 0 unspecified atom stereocenters. The summed E-state index contributed by atoms with van der Waals surface area (Å²) in [5.41, 5.74) is 1.54. The lowest BCUT2D eigenvalue weighted by atomic mass is 9.96. The second-order valence-corrected chi connectivity index (χ2v) is 9.78. The quantitative estimate of drug-likeness (QED) is 0.652. The Labute approximate surface area is 167 Å². The summed E-state index contributed by atoms with van der Waals surface area (Å²) in [7, 11) is 0. The van der Waals surface area contributed by atoms with E-state index in [4.69, 9.17) is 0 Å². The molecule has 0 saturated carbocycles. The normalized spacial score (nSPS) is 12.1. The minimum absolute atomic E-state index is 0.00149. The fourth-order valence-corrected chi connectivity index (χ4v) is 3.31. The Morgan fingerprint density at radius 3 is 1.39 bits per heavy atom. The first-order chi connectivity index (χ1) is 13.0. The number of carbonyl (C=O) groups excluding carboxylic acids is 2. The molecule has 0 aliphatic heterocycles. The number of hydrogen-bond donors (Lipinski definition) is 0. The van der Waals surface area contributed by atoms with Crippen LogP contribution in [0.3, 0.4) is 0 Å². The molecular formula is C22H32N4O2. The summed E-state index contributed by atoms with van der Waals surface area (Å²) in [6.07, 6.45) is 1.74. The van der Waals surface area contributed by atoms with Crippen LogP contribution >= 0.6 is 0 Å². The maximum absolute atomic E-state index is 11.5. The number of nitrogens with zero attached hydrogens (tertiary/aromatic N) is 4. The number of fused-ring (bicyclic) bond motifs is 1. The van der Waals surface area contributed by atoms with Gasteiger partial charge in [0, 0.05) is 23.9 Å².